The number of nitriles is 1. The molecule has 0 saturated carbocycles. The average Bonchev–Trinajstić information content (AvgIpc) is 3.77. The number of halogens is 2. The molecule has 8 atom stereocenters. The zero-order chi connectivity index (χ0) is 58.8. The van der Waals surface area contributed by atoms with Crippen LogP contribution >= 0.6 is 12.6 Å². The zero-order valence-corrected chi connectivity index (χ0v) is 44.6. The quantitative estimate of drug-likeness (QED) is 0.0168. The summed E-state index contributed by atoms with van der Waals surface area (Å²) in [6.45, 7) is 1.96. The third-order valence-corrected chi connectivity index (χ3v) is 11.6. The van der Waals surface area contributed by atoms with Crippen molar-refractivity contribution in [2.75, 3.05) is 111 Å². The number of aliphatic hydroxyl groups excluding tert-OH is 6. The SMILES string of the molecule is C[C@@H](NC(=O)c1ccnc(CNC(=O)CCC(=O)NCCOCCOCCOCCOCCOCCOCCC(O)N[C@H](CCC(=O)NC[C@H](O)[C@@H](O)[C@H](O)[C@H](O)CO)C(=O)N(CS)C(=O)O)c1)C(=O)N1CC(F)(F)C[C@H]1C#N. The van der Waals surface area contributed by atoms with Gasteiger partial charge in [0.25, 0.3) is 11.8 Å². The first-order chi connectivity index (χ1) is 37.6. The van der Waals surface area contributed by atoms with E-state index in [0.29, 0.717) is 37.0 Å². The molecule has 1 fully saturated rings. The van der Waals surface area contributed by atoms with Crippen molar-refractivity contribution in [2.45, 2.75) is 107 Å². The number of hydrogen-bond donors (Lipinski definition) is 13. The van der Waals surface area contributed by atoms with E-state index in [4.69, 9.17) is 38.8 Å². The molecule has 0 aliphatic carbocycles. The molecule has 1 saturated heterocycles. The Hall–Kier alpha value is -5.38. The topological polar surface area (TPSA) is 420 Å². The second-order valence-corrected chi connectivity index (χ2v) is 17.8. The molecule has 1 aromatic rings. The van der Waals surface area contributed by atoms with Crippen LogP contribution in [0.4, 0.5) is 13.6 Å². The maximum Gasteiger partial charge on any atom is 0.414 e. The molecule has 1 unspecified atom stereocenters. The Bertz CT molecular complexity index is 2070. The summed E-state index contributed by atoms with van der Waals surface area (Å²) in [5.41, 5.74) is 0.401. The lowest BCUT2D eigenvalue weighted by Gasteiger charge is -2.26. The van der Waals surface area contributed by atoms with Crippen LogP contribution in [-0.4, -0.2) is 258 Å². The lowest BCUT2D eigenvalue weighted by molar-refractivity contribution is -0.134. The van der Waals surface area contributed by atoms with Gasteiger partial charge in [0.2, 0.25) is 29.5 Å². The molecular weight excluding hydrogens is 1080 g/mol. The van der Waals surface area contributed by atoms with Gasteiger partial charge in [0, 0.05) is 57.0 Å². The molecule has 29 nitrogen and oxygen atoms in total. The predicted octanol–water partition coefficient (Wildman–Crippen LogP) is -4.04. The Balaban J connectivity index is 1.45. The number of aliphatic hydroxyl groups is 6. The molecule has 79 heavy (non-hydrogen) atoms. The van der Waals surface area contributed by atoms with Crippen LogP contribution in [0.5, 0.6) is 0 Å². The van der Waals surface area contributed by atoms with Gasteiger partial charge >= 0.3 is 6.09 Å². The summed E-state index contributed by atoms with van der Waals surface area (Å²) >= 11 is 3.85. The van der Waals surface area contributed by atoms with E-state index >= 15 is 0 Å². The van der Waals surface area contributed by atoms with Gasteiger partial charge in [-0.2, -0.15) is 17.9 Å². The minimum Gasteiger partial charge on any atom is -0.465 e. The van der Waals surface area contributed by atoms with Crippen molar-refractivity contribution in [3.8, 4) is 6.07 Å². The number of ether oxygens (including phenoxy) is 6. The number of nitrogens with one attached hydrogen (secondary N) is 5. The number of imide groups is 1. The first kappa shape index (κ1) is 69.7. The summed E-state index contributed by atoms with van der Waals surface area (Å²) < 4.78 is 60.2. The average molecular weight is 1160 g/mol. The molecule has 0 spiro atoms. The molecule has 2 heterocycles. The zero-order valence-electron chi connectivity index (χ0n) is 43.8. The lowest BCUT2D eigenvalue weighted by atomic mass is 10.0. The Morgan fingerprint density at radius 1 is 0.797 bits per heavy atom. The van der Waals surface area contributed by atoms with Crippen LogP contribution in [0.25, 0.3) is 0 Å². The molecule has 2 rings (SSSR count). The van der Waals surface area contributed by atoms with Crippen molar-refractivity contribution in [2.24, 2.45) is 0 Å². The summed E-state index contributed by atoms with van der Waals surface area (Å²) in [5, 5.41) is 89.5. The summed E-state index contributed by atoms with van der Waals surface area (Å²) in [6.07, 6.45) is -10.7. The standard InChI is InChI=1S/C47H75F2N9O20S/c1-30(44(69)57-28-47(48,49)23-33(57)24-50)55-43(68)31-6-8-51-32(22-31)25-53-39(64)5-4-37(62)52-9-11-74-13-15-76-17-19-78-21-20-77-18-16-75-14-12-73-10-7-40(65)56-34(45(70)58(29-79)46(71)72)2-3-38(63)54-26-35(60)41(66)42(67)36(61)27-59/h6,8,22,30,33-36,40-42,56,59-61,65-67,79H,2-5,7,9-21,23,25-29H2,1H3,(H,52,62)(H,53,64)(H,54,63)(H,55,68)(H,71,72)/t30-,33+,34-,35+,36-,40?,41-,42-/m1/s1. The molecule has 0 radical (unpaired) electrons. The number of carboxylic acid groups (broad SMARTS) is 1. The van der Waals surface area contributed by atoms with Gasteiger partial charge in [-0.1, -0.05) is 0 Å². The fraction of sp³-hybridized carbons (Fsp3) is 0.723. The number of nitrogens with zero attached hydrogens (tertiary/aromatic N) is 4. The van der Waals surface area contributed by atoms with E-state index in [2.05, 4.69) is 44.2 Å². The predicted molar refractivity (Wildman–Crippen MR) is 270 cm³/mol. The highest BCUT2D eigenvalue weighted by Gasteiger charge is 2.48. The van der Waals surface area contributed by atoms with Gasteiger partial charge in [-0.05, 0) is 25.5 Å². The molecule has 32 heteroatoms. The van der Waals surface area contributed by atoms with Crippen molar-refractivity contribution in [3.05, 3.63) is 29.6 Å². The van der Waals surface area contributed by atoms with Crippen LogP contribution in [0.15, 0.2) is 18.3 Å². The largest absolute Gasteiger partial charge is 0.465 e. The van der Waals surface area contributed by atoms with Gasteiger partial charge in [0.05, 0.1) is 129 Å². The summed E-state index contributed by atoms with van der Waals surface area (Å²) in [6, 6.07) is 0.566. The van der Waals surface area contributed by atoms with E-state index in [-0.39, 0.29) is 103 Å². The number of rotatable bonds is 42. The van der Waals surface area contributed by atoms with Crippen LogP contribution < -0.4 is 26.6 Å². The third-order valence-electron chi connectivity index (χ3n) is 11.3. The van der Waals surface area contributed by atoms with Crippen molar-refractivity contribution < 1.29 is 107 Å². The summed E-state index contributed by atoms with van der Waals surface area (Å²) in [7, 11) is 0. The number of pyridine rings is 1. The van der Waals surface area contributed by atoms with E-state index in [0.717, 1.165) is 4.90 Å². The monoisotopic (exact) mass is 1160 g/mol. The molecule has 7 amide bonds. The minimum atomic E-state index is -3.20. The van der Waals surface area contributed by atoms with E-state index in [1.54, 1.807) is 6.07 Å². The molecule has 1 aliphatic rings. The van der Waals surface area contributed by atoms with Crippen molar-refractivity contribution in [1.29, 1.82) is 5.26 Å². The van der Waals surface area contributed by atoms with E-state index in [1.165, 1.54) is 25.3 Å². The Morgan fingerprint density at radius 3 is 1.87 bits per heavy atom. The van der Waals surface area contributed by atoms with Crippen LogP contribution in [0.1, 0.15) is 61.5 Å². The molecule has 1 aliphatic heterocycles. The Morgan fingerprint density at radius 2 is 1.33 bits per heavy atom. The molecule has 0 bridgehead atoms. The molecular formula is C47H75F2N9O20S. The highest BCUT2D eigenvalue weighted by Crippen LogP contribution is 2.32. The van der Waals surface area contributed by atoms with Crippen molar-refractivity contribution in [1.82, 2.24) is 41.4 Å². The second kappa shape index (κ2) is 39.1. The fourth-order valence-electron chi connectivity index (χ4n) is 7.00. The molecule has 0 aromatic carbocycles. The Kier molecular flexibility index (Phi) is 34.5. The van der Waals surface area contributed by atoms with Gasteiger partial charge in [-0.15, -0.1) is 0 Å². The molecule has 12 N–H and O–H groups in total. The van der Waals surface area contributed by atoms with Gasteiger partial charge in [0.1, 0.15) is 36.6 Å². The van der Waals surface area contributed by atoms with Crippen LogP contribution in [0.2, 0.25) is 0 Å². The van der Waals surface area contributed by atoms with Gasteiger partial charge in [-0.3, -0.25) is 39.1 Å². The number of amides is 7. The summed E-state index contributed by atoms with van der Waals surface area (Å²) in [4.78, 5) is 92.1. The normalized spacial score (nSPS) is 16.6. The van der Waals surface area contributed by atoms with E-state index < -0.39 is 129 Å². The van der Waals surface area contributed by atoms with Gasteiger partial charge in [0.15, 0.2) is 0 Å². The maximum absolute atomic E-state index is 13.8. The first-order valence-electron chi connectivity index (χ1n) is 25.2. The van der Waals surface area contributed by atoms with Gasteiger partial charge < -0.3 is 90.3 Å². The lowest BCUT2D eigenvalue weighted by Crippen LogP contribution is -2.52. The highest BCUT2D eigenvalue weighted by atomic mass is 32.1. The number of likely N-dealkylation sites (tertiary alicyclic amines) is 1. The first-order valence-corrected chi connectivity index (χ1v) is 25.8. The van der Waals surface area contributed by atoms with Crippen LogP contribution in [0.3, 0.4) is 0 Å². The number of hydrogen-bond acceptors (Lipinski definition) is 23. The number of alkyl halides is 2. The molecule has 1 aromatic heterocycles. The van der Waals surface area contributed by atoms with E-state index in [9.17, 15) is 73.0 Å². The van der Waals surface area contributed by atoms with Crippen LogP contribution in [0, 0.1) is 11.3 Å². The highest BCUT2D eigenvalue weighted by molar-refractivity contribution is 7.80. The minimum absolute atomic E-state index is 0.0104. The van der Waals surface area contributed by atoms with Gasteiger partial charge in [-0.25, -0.2) is 18.5 Å². The molecule has 448 valence electrons. The van der Waals surface area contributed by atoms with Crippen LogP contribution in [-0.2, 0) is 58.9 Å². The second-order valence-electron chi connectivity index (χ2n) is 17.6. The summed E-state index contributed by atoms with van der Waals surface area (Å²) in [5.74, 6) is -7.78. The number of thiol groups is 1. The fourth-order valence-corrected chi connectivity index (χ4v) is 7.26. The number of carbonyl (C=O) groups is 7. The smallest absolute Gasteiger partial charge is 0.414 e. The van der Waals surface area contributed by atoms with Crippen molar-refractivity contribution >= 4 is 54.2 Å². The number of carbonyl (C=O) groups excluding carboxylic acids is 6. The Labute approximate surface area is 459 Å². The third kappa shape index (κ3) is 28.6. The van der Waals surface area contributed by atoms with Crippen molar-refractivity contribution in [3.63, 3.8) is 0 Å². The maximum atomic E-state index is 13.8. The number of aromatic nitrogens is 1. The van der Waals surface area contributed by atoms with E-state index in [1.807, 2.05) is 0 Å².